The lowest BCUT2D eigenvalue weighted by atomic mass is 9.90. The Bertz CT molecular complexity index is 436. The molecule has 0 aliphatic carbocycles. The van der Waals surface area contributed by atoms with E-state index in [9.17, 15) is 8.78 Å². The van der Waals surface area contributed by atoms with Gasteiger partial charge in [-0.3, -0.25) is 4.90 Å². The summed E-state index contributed by atoms with van der Waals surface area (Å²) in [5, 5.41) is 0. The van der Waals surface area contributed by atoms with Gasteiger partial charge in [-0.05, 0) is 56.8 Å². The summed E-state index contributed by atoms with van der Waals surface area (Å²) in [7, 11) is 0. The predicted molar refractivity (Wildman–Crippen MR) is 79.4 cm³/mol. The minimum atomic E-state index is -2.78. The third-order valence-corrected chi connectivity index (χ3v) is 4.37. The third kappa shape index (κ3) is 4.38. The summed E-state index contributed by atoms with van der Waals surface area (Å²) in [5.41, 5.74) is 7.13. The molecule has 1 aliphatic rings. The highest BCUT2D eigenvalue weighted by Crippen LogP contribution is 2.28. The highest BCUT2D eigenvalue weighted by Gasteiger charge is 2.26. The second kappa shape index (κ2) is 7.18. The molecule has 118 valence electrons. The van der Waals surface area contributed by atoms with Crippen LogP contribution in [0.5, 0.6) is 5.75 Å². The van der Waals surface area contributed by atoms with Crippen LogP contribution in [0.15, 0.2) is 24.3 Å². The van der Waals surface area contributed by atoms with Crippen molar-refractivity contribution in [2.45, 2.75) is 45.4 Å². The number of rotatable bonds is 5. The molecule has 1 heterocycles. The molecule has 1 saturated heterocycles. The molecule has 5 heteroatoms. The van der Waals surface area contributed by atoms with Gasteiger partial charge in [0.15, 0.2) is 0 Å². The lowest BCUT2D eigenvalue weighted by Crippen LogP contribution is -2.43. The number of nitrogens with zero attached hydrogens (tertiary/aromatic N) is 1. The predicted octanol–water partition coefficient (Wildman–Crippen LogP) is 3.41. The SMILES string of the molecule is CC(N)C1CCCN(C(C)c2ccc(OC(F)F)cc2)C1. The van der Waals surface area contributed by atoms with Gasteiger partial charge in [0.1, 0.15) is 5.75 Å². The number of hydrogen-bond acceptors (Lipinski definition) is 3. The quantitative estimate of drug-likeness (QED) is 0.905. The number of likely N-dealkylation sites (tertiary alicyclic amines) is 1. The van der Waals surface area contributed by atoms with Gasteiger partial charge in [-0.1, -0.05) is 12.1 Å². The molecule has 0 radical (unpaired) electrons. The Kier molecular flexibility index (Phi) is 5.53. The first-order chi connectivity index (χ1) is 9.97. The summed E-state index contributed by atoms with van der Waals surface area (Å²) < 4.78 is 28.7. The maximum absolute atomic E-state index is 12.1. The van der Waals surface area contributed by atoms with E-state index in [2.05, 4.69) is 23.5 Å². The van der Waals surface area contributed by atoms with Crippen molar-refractivity contribution in [3.8, 4) is 5.75 Å². The first-order valence-corrected chi connectivity index (χ1v) is 7.51. The summed E-state index contributed by atoms with van der Waals surface area (Å²) >= 11 is 0. The van der Waals surface area contributed by atoms with Crippen molar-refractivity contribution in [3.63, 3.8) is 0 Å². The van der Waals surface area contributed by atoms with Crippen molar-refractivity contribution in [2.24, 2.45) is 11.7 Å². The van der Waals surface area contributed by atoms with E-state index in [1.807, 2.05) is 12.1 Å². The smallest absolute Gasteiger partial charge is 0.387 e. The fraction of sp³-hybridized carbons (Fsp3) is 0.625. The largest absolute Gasteiger partial charge is 0.435 e. The van der Waals surface area contributed by atoms with E-state index >= 15 is 0 Å². The summed E-state index contributed by atoms with van der Waals surface area (Å²) in [6, 6.07) is 7.39. The van der Waals surface area contributed by atoms with Crippen LogP contribution < -0.4 is 10.5 Å². The number of halogens is 2. The second-order valence-electron chi connectivity index (χ2n) is 5.88. The van der Waals surface area contributed by atoms with Gasteiger partial charge >= 0.3 is 6.61 Å². The van der Waals surface area contributed by atoms with Gasteiger partial charge in [-0.25, -0.2) is 0 Å². The van der Waals surface area contributed by atoms with Crippen LogP contribution >= 0.6 is 0 Å². The van der Waals surface area contributed by atoms with Crippen molar-refractivity contribution in [2.75, 3.05) is 13.1 Å². The molecular formula is C16H24F2N2O. The fourth-order valence-electron chi connectivity index (χ4n) is 2.96. The van der Waals surface area contributed by atoms with Crippen LogP contribution in [-0.4, -0.2) is 30.6 Å². The fourth-order valence-corrected chi connectivity index (χ4v) is 2.96. The molecule has 3 nitrogen and oxygen atoms in total. The zero-order chi connectivity index (χ0) is 15.4. The lowest BCUT2D eigenvalue weighted by Gasteiger charge is -2.38. The van der Waals surface area contributed by atoms with E-state index in [4.69, 9.17) is 5.73 Å². The monoisotopic (exact) mass is 298 g/mol. The van der Waals surface area contributed by atoms with Gasteiger partial charge in [0.25, 0.3) is 0 Å². The zero-order valence-electron chi connectivity index (χ0n) is 12.6. The van der Waals surface area contributed by atoms with Crippen LogP contribution in [-0.2, 0) is 0 Å². The molecule has 0 bridgehead atoms. The van der Waals surface area contributed by atoms with Crippen molar-refractivity contribution in [1.82, 2.24) is 4.90 Å². The minimum absolute atomic E-state index is 0.202. The molecule has 2 rings (SSSR count). The number of nitrogens with two attached hydrogens (primary N) is 1. The Balaban J connectivity index is 2.00. The highest BCUT2D eigenvalue weighted by atomic mass is 19.3. The van der Waals surface area contributed by atoms with Gasteiger partial charge < -0.3 is 10.5 Å². The molecule has 0 aromatic heterocycles. The molecule has 3 unspecified atom stereocenters. The molecule has 1 aromatic carbocycles. The van der Waals surface area contributed by atoms with Crippen LogP contribution in [0, 0.1) is 5.92 Å². The Labute approximate surface area is 125 Å². The molecule has 1 aromatic rings. The van der Waals surface area contributed by atoms with Crippen LogP contribution in [0.2, 0.25) is 0 Å². The average molecular weight is 298 g/mol. The van der Waals surface area contributed by atoms with Gasteiger partial charge in [-0.15, -0.1) is 0 Å². The zero-order valence-corrected chi connectivity index (χ0v) is 12.6. The lowest BCUT2D eigenvalue weighted by molar-refractivity contribution is -0.0498. The van der Waals surface area contributed by atoms with Crippen LogP contribution in [0.4, 0.5) is 8.78 Å². The van der Waals surface area contributed by atoms with Crippen molar-refractivity contribution >= 4 is 0 Å². The Morgan fingerprint density at radius 1 is 1.24 bits per heavy atom. The van der Waals surface area contributed by atoms with Crippen molar-refractivity contribution < 1.29 is 13.5 Å². The van der Waals surface area contributed by atoms with E-state index < -0.39 is 6.61 Å². The Morgan fingerprint density at radius 2 is 1.90 bits per heavy atom. The molecule has 1 aliphatic heterocycles. The van der Waals surface area contributed by atoms with Gasteiger partial charge in [-0.2, -0.15) is 8.78 Å². The highest BCUT2D eigenvalue weighted by molar-refractivity contribution is 5.29. The molecule has 21 heavy (non-hydrogen) atoms. The first kappa shape index (κ1) is 16.2. The van der Waals surface area contributed by atoms with Crippen LogP contribution in [0.3, 0.4) is 0 Å². The Morgan fingerprint density at radius 3 is 2.48 bits per heavy atom. The molecule has 0 saturated carbocycles. The normalized spacial score (nSPS) is 23.0. The number of hydrogen-bond donors (Lipinski definition) is 1. The van der Waals surface area contributed by atoms with Crippen molar-refractivity contribution in [1.29, 1.82) is 0 Å². The number of ether oxygens (including phenoxy) is 1. The maximum atomic E-state index is 12.1. The molecule has 1 fully saturated rings. The van der Waals surface area contributed by atoms with E-state index in [1.54, 1.807) is 12.1 Å². The molecular weight excluding hydrogens is 274 g/mol. The van der Waals surface area contributed by atoms with E-state index in [0.29, 0.717) is 5.92 Å². The third-order valence-electron chi connectivity index (χ3n) is 4.37. The molecule has 3 atom stereocenters. The average Bonchev–Trinajstić information content (AvgIpc) is 2.47. The van der Waals surface area contributed by atoms with E-state index in [-0.39, 0.29) is 17.8 Å². The second-order valence-corrected chi connectivity index (χ2v) is 5.88. The van der Waals surface area contributed by atoms with Gasteiger partial charge in [0.05, 0.1) is 0 Å². The van der Waals surface area contributed by atoms with E-state index in [0.717, 1.165) is 25.1 Å². The summed E-state index contributed by atoms with van der Waals surface area (Å²) in [5.74, 6) is 0.732. The summed E-state index contributed by atoms with van der Waals surface area (Å²) in [4.78, 5) is 2.42. The molecule has 2 N–H and O–H groups in total. The first-order valence-electron chi connectivity index (χ1n) is 7.51. The van der Waals surface area contributed by atoms with Gasteiger partial charge in [0.2, 0.25) is 0 Å². The minimum Gasteiger partial charge on any atom is -0.435 e. The molecule has 0 spiro atoms. The summed E-state index contributed by atoms with van der Waals surface area (Å²) in [6.45, 7) is 3.48. The number of alkyl halides is 2. The van der Waals surface area contributed by atoms with Crippen LogP contribution in [0.1, 0.15) is 38.3 Å². The van der Waals surface area contributed by atoms with Crippen molar-refractivity contribution in [3.05, 3.63) is 29.8 Å². The molecule has 0 amide bonds. The Hall–Kier alpha value is -1.20. The number of benzene rings is 1. The van der Waals surface area contributed by atoms with Crippen LogP contribution in [0.25, 0.3) is 0 Å². The topological polar surface area (TPSA) is 38.5 Å². The standard InChI is InChI=1S/C16H24F2N2O/c1-11(19)14-4-3-9-20(10-14)12(2)13-5-7-15(8-6-13)21-16(17)18/h5-8,11-12,14,16H,3-4,9-10,19H2,1-2H3. The maximum Gasteiger partial charge on any atom is 0.387 e. The van der Waals surface area contributed by atoms with Gasteiger partial charge in [0, 0.05) is 18.6 Å². The number of piperidine rings is 1. The summed E-state index contributed by atoms with van der Waals surface area (Å²) in [6.07, 6.45) is 2.34. The van der Waals surface area contributed by atoms with E-state index in [1.165, 1.54) is 6.42 Å².